The number of ether oxygens (including phenoxy) is 3. The van der Waals surface area contributed by atoms with E-state index in [0.29, 0.717) is 23.5 Å². The van der Waals surface area contributed by atoms with E-state index in [0.717, 1.165) is 7.11 Å². The number of aryl methyl sites for hydroxylation is 1. The molecular formula is C15H19F3O7S. The van der Waals surface area contributed by atoms with Gasteiger partial charge in [0.05, 0.1) is 21.3 Å². The summed E-state index contributed by atoms with van der Waals surface area (Å²) in [5, 5.41) is 0. The zero-order chi connectivity index (χ0) is 20.0. The molecule has 1 unspecified atom stereocenters. The monoisotopic (exact) mass is 400 g/mol. The summed E-state index contributed by atoms with van der Waals surface area (Å²) < 4.78 is 78.0. The van der Waals surface area contributed by atoms with Crippen molar-refractivity contribution in [2.24, 2.45) is 0 Å². The van der Waals surface area contributed by atoms with E-state index in [2.05, 4.69) is 8.92 Å². The number of methoxy groups -OCH3 is 3. The van der Waals surface area contributed by atoms with Crippen LogP contribution in [0.15, 0.2) is 18.2 Å². The maximum absolute atomic E-state index is 12.4. The van der Waals surface area contributed by atoms with Crippen LogP contribution in [0.3, 0.4) is 0 Å². The number of hydrogen-bond acceptors (Lipinski definition) is 7. The number of rotatable bonds is 9. The van der Waals surface area contributed by atoms with E-state index in [1.807, 2.05) is 0 Å². The average molecular weight is 400 g/mol. The predicted octanol–water partition coefficient (Wildman–Crippen LogP) is 2.43. The van der Waals surface area contributed by atoms with Crippen molar-refractivity contribution in [3.8, 4) is 11.5 Å². The van der Waals surface area contributed by atoms with Gasteiger partial charge in [0.15, 0.2) is 6.10 Å². The molecule has 0 aliphatic rings. The Bertz CT molecular complexity index is 716. The highest BCUT2D eigenvalue weighted by atomic mass is 32.2. The molecule has 1 aromatic carbocycles. The Labute approximate surface area is 149 Å². The molecule has 0 bridgehead atoms. The summed E-state index contributed by atoms with van der Waals surface area (Å²) in [5.41, 5.74) is -4.92. The van der Waals surface area contributed by atoms with Crippen LogP contribution in [0.4, 0.5) is 13.2 Å². The number of carbonyl (C=O) groups is 1. The molecule has 0 fully saturated rings. The first-order valence-corrected chi connectivity index (χ1v) is 8.74. The molecule has 1 rings (SSSR count). The van der Waals surface area contributed by atoms with Crippen LogP contribution in [0.25, 0.3) is 0 Å². The normalized spacial score (nSPS) is 13.2. The molecule has 0 heterocycles. The third-order valence-corrected chi connectivity index (χ3v) is 4.45. The topological polar surface area (TPSA) is 88.1 Å². The van der Waals surface area contributed by atoms with Gasteiger partial charge >= 0.3 is 21.6 Å². The molecule has 0 aromatic heterocycles. The van der Waals surface area contributed by atoms with Crippen molar-refractivity contribution < 1.29 is 44.8 Å². The molecule has 0 radical (unpaired) electrons. The van der Waals surface area contributed by atoms with Gasteiger partial charge < -0.3 is 14.2 Å². The highest BCUT2D eigenvalue weighted by Crippen LogP contribution is 2.28. The minimum Gasteiger partial charge on any atom is -0.497 e. The lowest BCUT2D eigenvalue weighted by atomic mass is 10.0. The van der Waals surface area contributed by atoms with Gasteiger partial charge in [-0.2, -0.15) is 21.6 Å². The molecule has 7 nitrogen and oxygen atoms in total. The van der Waals surface area contributed by atoms with Crippen molar-refractivity contribution >= 4 is 16.1 Å². The minimum absolute atomic E-state index is 0.149. The van der Waals surface area contributed by atoms with Crippen LogP contribution in [0.5, 0.6) is 11.5 Å². The maximum Gasteiger partial charge on any atom is 0.523 e. The average Bonchev–Trinajstić information content (AvgIpc) is 2.59. The van der Waals surface area contributed by atoms with Crippen molar-refractivity contribution in [2.75, 3.05) is 21.3 Å². The predicted molar refractivity (Wildman–Crippen MR) is 84.3 cm³/mol. The van der Waals surface area contributed by atoms with Gasteiger partial charge in [-0.3, -0.25) is 0 Å². The second-order valence-corrected chi connectivity index (χ2v) is 6.64. The maximum atomic E-state index is 12.4. The summed E-state index contributed by atoms with van der Waals surface area (Å²) in [6.07, 6.45) is -1.74. The third-order valence-electron chi connectivity index (χ3n) is 3.40. The van der Waals surface area contributed by atoms with Gasteiger partial charge in [0.25, 0.3) is 0 Å². The Hall–Kier alpha value is -2.01. The molecule has 1 atom stereocenters. The van der Waals surface area contributed by atoms with Crippen molar-refractivity contribution in [3.63, 3.8) is 0 Å². The molecule has 11 heteroatoms. The minimum atomic E-state index is -5.91. The Balaban J connectivity index is 2.81. The Morgan fingerprint density at radius 1 is 1.15 bits per heavy atom. The second kappa shape index (κ2) is 9.08. The molecule has 1 aromatic rings. The molecule has 0 spiro atoms. The van der Waals surface area contributed by atoms with Gasteiger partial charge in [-0.15, -0.1) is 0 Å². The molecule has 0 saturated carbocycles. The zero-order valence-corrected chi connectivity index (χ0v) is 15.1. The molecule has 26 heavy (non-hydrogen) atoms. The molecular weight excluding hydrogens is 381 g/mol. The molecule has 0 N–H and O–H groups in total. The first kappa shape index (κ1) is 22.0. The smallest absolute Gasteiger partial charge is 0.497 e. The summed E-state index contributed by atoms with van der Waals surface area (Å²) in [6, 6.07) is 4.98. The fourth-order valence-corrected chi connectivity index (χ4v) is 2.67. The lowest BCUT2D eigenvalue weighted by molar-refractivity contribution is -0.149. The van der Waals surface area contributed by atoms with E-state index in [9.17, 15) is 26.4 Å². The fourth-order valence-electron chi connectivity index (χ4n) is 2.08. The van der Waals surface area contributed by atoms with Gasteiger partial charge in [-0.25, -0.2) is 8.98 Å². The Morgan fingerprint density at radius 3 is 2.31 bits per heavy atom. The second-order valence-electron chi connectivity index (χ2n) is 5.08. The number of alkyl halides is 3. The largest absolute Gasteiger partial charge is 0.523 e. The number of esters is 1. The molecule has 148 valence electrons. The lowest BCUT2D eigenvalue weighted by Crippen LogP contribution is -2.34. The van der Waals surface area contributed by atoms with Crippen molar-refractivity contribution in [1.82, 2.24) is 0 Å². The van der Waals surface area contributed by atoms with Crippen LogP contribution in [-0.2, 0) is 30.3 Å². The molecule has 0 aliphatic carbocycles. The summed E-state index contributed by atoms with van der Waals surface area (Å²) in [5.74, 6) is -0.167. The van der Waals surface area contributed by atoms with E-state index in [1.54, 1.807) is 18.2 Å². The molecule has 0 aliphatic heterocycles. The highest BCUT2D eigenvalue weighted by molar-refractivity contribution is 7.87. The van der Waals surface area contributed by atoms with Crippen LogP contribution in [0.2, 0.25) is 0 Å². The van der Waals surface area contributed by atoms with Gasteiger partial charge in [0, 0.05) is 6.07 Å². The van der Waals surface area contributed by atoms with Crippen LogP contribution in [0.1, 0.15) is 18.4 Å². The molecule has 0 amide bonds. The van der Waals surface area contributed by atoms with Gasteiger partial charge in [-0.1, -0.05) is 6.07 Å². The third kappa shape index (κ3) is 5.77. The van der Waals surface area contributed by atoms with Crippen LogP contribution in [0, 0.1) is 0 Å². The van der Waals surface area contributed by atoms with E-state index in [1.165, 1.54) is 14.2 Å². The number of carbonyl (C=O) groups excluding carboxylic acids is 1. The Kier molecular flexibility index (Phi) is 7.69. The quantitative estimate of drug-likeness (QED) is 0.357. The number of halogens is 3. The van der Waals surface area contributed by atoms with E-state index < -0.39 is 27.7 Å². The Morgan fingerprint density at radius 2 is 1.81 bits per heavy atom. The summed E-state index contributed by atoms with van der Waals surface area (Å²) in [7, 11) is -2.07. The van der Waals surface area contributed by atoms with Crippen molar-refractivity contribution in [3.05, 3.63) is 23.8 Å². The zero-order valence-electron chi connectivity index (χ0n) is 14.3. The first-order chi connectivity index (χ1) is 12.1. The van der Waals surface area contributed by atoms with E-state index in [-0.39, 0.29) is 12.8 Å². The van der Waals surface area contributed by atoms with Crippen LogP contribution in [-0.4, -0.2) is 47.3 Å². The SMILES string of the molecule is COC(=O)C(CCCc1ccc(OC)cc1OC)OS(=O)(=O)C(F)(F)F. The fraction of sp³-hybridized carbons (Fsp3) is 0.533. The summed E-state index contributed by atoms with van der Waals surface area (Å²) in [6.45, 7) is 0. The van der Waals surface area contributed by atoms with Crippen LogP contribution >= 0.6 is 0 Å². The highest BCUT2D eigenvalue weighted by Gasteiger charge is 2.49. The number of hydrogen-bond donors (Lipinski definition) is 0. The van der Waals surface area contributed by atoms with Gasteiger partial charge in [-0.05, 0) is 30.9 Å². The van der Waals surface area contributed by atoms with Gasteiger partial charge in [0.2, 0.25) is 0 Å². The lowest BCUT2D eigenvalue weighted by Gasteiger charge is -2.17. The standard InChI is InChI=1S/C15H19F3O7S/c1-22-11-8-7-10(13(9-11)23-2)5-4-6-12(14(19)24-3)25-26(20,21)15(16,17)18/h7-9,12H,4-6H2,1-3H3. The van der Waals surface area contributed by atoms with Crippen LogP contribution < -0.4 is 9.47 Å². The molecule has 0 saturated heterocycles. The number of benzene rings is 1. The summed E-state index contributed by atoms with van der Waals surface area (Å²) in [4.78, 5) is 11.5. The first-order valence-electron chi connectivity index (χ1n) is 7.34. The van der Waals surface area contributed by atoms with Crippen molar-refractivity contribution in [2.45, 2.75) is 30.9 Å². The van der Waals surface area contributed by atoms with E-state index >= 15 is 0 Å². The van der Waals surface area contributed by atoms with Gasteiger partial charge in [0.1, 0.15) is 11.5 Å². The van der Waals surface area contributed by atoms with Crippen molar-refractivity contribution in [1.29, 1.82) is 0 Å². The van der Waals surface area contributed by atoms with E-state index in [4.69, 9.17) is 9.47 Å². The summed E-state index contributed by atoms with van der Waals surface area (Å²) >= 11 is 0.